The predicted octanol–water partition coefficient (Wildman–Crippen LogP) is 4.24. The summed E-state index contributed by atoms with van der Waals surface area (Å²) in [6.07, 6.45) is 6.78. The molecule has 0 aliphatic carbocycles. The molecule has 5 nitrogen and oxygen atoms in total. The van der Waals surface area contributed by atoms with Crippen LogP contribution in [0, 0.1) is 0 Å². The van der Waals surface area contributed by atoms with Gasteiger partial charge in [0.05, 0.1) is 23.3 Å². The van der Waals surface area contributed by atoms with Gasteiger partial charge < -0.3 is 10.2 Å². The molecule has 0 unspecified atom stereocenters. The first kappa shape index (κ1) is 17.8. The van der Waals surface area contributed by atoms with Gasteiger partial charge in [-0.15, -0.1) is 0 Å². The van der Waals surface area contributed by atoms with E-state index < -0.39 is 0 Å². The smallest absolute Gasteiger partial charge is 0.248 e. The van der Waals surface area contributed by atoms with Gasteiger partial charge in [0.1, 0.15) is 0 Å². The zero-order valence-electron chi connectivity index (χ0n) is 14.6. The number of nitrogens with zero attached hydrogens (tertiary/aromatic N) is 3. The summed E-state index contributed by atoms with van der Waals surface area (Å²) in [5.74, 6) is -0.233. The first-order valence-electron chi connectivity index (χ1n) is 8.09. The summed E-state index contributed by atoms with van der Waals surface area (Å²) in [5, 5.41) is 7.74. The SMILES string of the molecule is CN(C)c1ccc(Cl)cc1NC(=O)/C=C/c1cnn(-c2ccccc2)c1. The zero-order valence-corrected chi connectivity index (χ0v) is 15.3. The number of halogens is 1. The Morgan fingerprint density at radius 1 is 1.19 bits per heavy atom. The summed E-state index contributed by atoms with van der Waals surface area (Å²) in [4.78, 5) is 14.2. The molecule has 6 heteroatoms. The van der Waals surface area contributed by atoms with Crippen LogP contribution in [-0.2, 0) is 4.79 Å². The van der Waals surface area contributed by atoms with Crippen LogP contribution in [0.15, 0.2) is 67.0 Å². The molecule has 132 valence electrons. The summed E-state index contributed by atoms with van der Waals surface area (Å²) in [6, 6.07) is 15.2. The van der Waals surface area contributed by atoms with Gasteiger partial charge in [-0.25, -0.2) is 4.68 Å². The Morgan fingerprint density at radius 3 is 2.69 bits per heavy atom. The molecule has 1 aromatic heterocycles. The molecule has 0 aliphatic heterocycles. The molecule has 0 bridgehead atoms. The first-order valence-corrected chi connectivity index (χ1v) is 8.47. The van der Waals surface area contributed by atoms with Crippen LogP contribution in [-0.4, -0.2) is 29.8 Å². The van der Waals surface area contributed by atoms with Crippen molar-refractivity contribution < 1.29 is 4.79 Å². The van der Waals surface area contributed by atoms with E-state index in [1.54, 1.807) is 29.1 Å². The second-order valence-electron chi connectivity index (χ2n) is 5.93. The Kier molecular flexibility index (Phi) is 5.39. The molecule has 26 heavy (non-hydrogen) atoms. The molecule has 0 saturated carbocycles. The molecular formula is C20H19ClN4O. The summed E-state index contributed by atoms with van der Waals surface area (Å²) in [7, 11) is 3.82. The van der Waals surface area contributed by atoms with Crippen LogP contribution in [0.1, 0.15) is 5.56 Å². The Labute approximate surface area is 157 Å². The van der Waals surface area contributed by atoms with E-state index in [2.05, 4.69) is 10.4 Å². The van der Waals surface area contributed by atoms with Crippen molar-refractivity contribution in [3.05, 3.63) is 77.6 Å². The van der Waals surface area contributed by atoms with Gasteiger partial charge in [-0.1, -0.05) is 29.8 Å². The highest BCUT2D eigenvalue weighted by molar-refractivity contribution is 6.31. The summed E-state index contributed by atoms with van der Waals surface area (Å²) in [6.45, 7) is 0. The van der Waals surface area contributed by atoms with Crippen molar-refractivity contribution in [1.29, 1.82) is 0 Å². The second-order valence-corrected chi connectivity index (χ2v) is 6.37. The molecule has 0 radical (unpaired) electrons. The van der Waals surface area contributed by atoms with Crippen molar-refractivity contribution >= 4 is 35.0 Å². The van der Waals surface area contributed by atoms with Crippen molar-refractivity contribution in [1.82, 2.24) is 9.78 Å². The molecule has 0 spiro atoms. The topological polar surface area (TPSA) is 50.2 Å². The van der Waals surface area contributed by atoms with Gasteiger partial charge in [-0.05, 0) is 36.4 Å². The normalized spacial score (nSPS) is 10.9. The van der Waals surface area contributed by atoms with Crippen molar-refractivity contribution in [2.45, 2.75) is 0 Å². The third kappa shape index (κ3) is 4.32. The van der Waals surface area contributed by atoms with E-state index in [-0.39, 0.29) is 5.91 Å². The Bertz CT molecular complexity index is 932. The van der Waals surface area contributed by atoms with E-state index >= 15 is 0 Å². The molecule has 0 saturated heterocycles. The molecule has 1 amide bonds. The number of aromatic nitrogens is 2. The van der Waals surface area contributed by atoms with Gasteiger partial charge in [-0.2, -0.15) is 5.10 Å². The minimum Gasteiger partial charge on any atom is -0.376 e. The number of carbonyl (C=O) groups is 1. The molecule has 1 heterocycles. The zero-order chi connectivity index (χ0) is 18.5. The van der Waals surface area contributed by atoms with Gasteiger partial charge in [0.2, 0.25) is 5.91 Å². The monoisotopic (exact) mass is 366 g/mol. The van der Waals surface area contributed by atoms with E-state index in [0.29, 0.717) is 10.7 Å². The highest BCUT2D eigenvalue weighted by Gasteiger charge is 2.08. The number of hydrogen-bond donors (Lipinski definition) is 1. The summed E-state index contributed by atoms with van der Waals surface area (Å²) < 4.78 is 1.76. The number of rotatable bonds is 5. The van der Waals surface area contributed by atoms with E-state index in [9.17, 15) is 4.79 Å². The molecule has 0 aliphatic rings. The van der Waals surface area contributed by atoms with E-state index in [1.807, 2.05) is 61.6 Å². The lowest BCUT2D eigenvalue weighted by Crippen LogP contribution is -2.15. The fourth-order valence-electron chi connectivity index (χ4n) is 2.49. The maximum absolute atomic E-state index is 12.3. The lowest BCUT2D eigenvalue weighted by atomic mass is 10.2. The highest BCUT2D eigenvalue weighted by atomic mass is 35.5. The van der Waals surface area contributed by atoms with Gasteiger partial charge >= 0.3 is 0 Å². The van der Waals surface area contributed by atoms with Gasteiger partial charge in [0.15, 0.2) is 0 Å². The lowest BCUT2D eigenvalue weighted by molar-refractivity contribution is -0.111. The highest BCUT2D eigenvalue weighted by Crippen LogP contribution is 2.27. The molecule has 2 aromatic carbocycles. The molecule has 0 atom stereocenters. The quantitative estimate of drug-likeness (QED) is 0.687. The van der Waals surface area contributed by atoms with Crippen molar-refractivity contribution in [3.63, 3.8) is 0 Å². The fraction of sp³-hybridized carbons (Fsp3) is 0.100. The third-order valence-corrected chi connectivity index (χ3v) is 3.98. The number of amides is 1. The first-order chi connectivity index (χ1) is 12.5. The third-order valence-electron chi connectivity index (χ3n) is 3.75. The molecular weight excluding hydrogens is 348 g/mol. The second kappa shape index (κ2) is 7.89. The largest absolute Gasteiger partial charge is 0.376 e. The van der Waals surface area contributed by atoms with E-state index in [1.165, 1.54) is 6.08 Å². The van der Waals surface area contributed by atoms with Crippen LogP contribution in [0.2, 0.25) is 5.02 Å². The Hall–Kier alpha value is -3.05. The summed E-state index contributed by atoms with van der Waals surface area (Å²) in [5.41, 5.74) is 3.35. The van der Waals surface area contributed by atoms with Crippen LogP contribution < -0.4 is 10.2 Å². The fourth-order valence-corrected chi connectivity index (χ4v) is 2.66. The number of benzene rings is 2. The molecule has 3 aromatic rings. The van der Waals surface area contributed by atoms with Gasteiger partial charge in [0, 0.05) is 37.0 Å². The van der Waals surface area contributed by atoms with Crippen molar-refractivity contribution in [2.75, 3.05) is 24.3 Å². The van der Waals surface area contributed by atoms with E-state index in [4.69, 9.17) is 11.6 Å². The van der Waals surface area contributed by atoms with Crippen LogP contribution >= 0.6 is 11.6 Å². The maximum atomic E-state index is 12.3. The number of hydrogen-bond acceptors (Lipinski definition) is 3. The number of nitrogens with one attached hydrogen (secondary N) is 1. The Balaban J connectivity index is 1.71. The number of para-hydroxylation sites is 1. The minimum atomic E-state index is -0.233. The minimum absolute atomic E-state index is 0.233. The lowest BCUT2D eigenvalue weighted by Gasteiger charge is -2.17. The van der Waals surface area contributed by atoms with Gasteiger partial charge in [0.25, 0.3) is 0 Å². The molecule has 1 N–H and O–H groups in total. The maximum Gasteiger partial charge on any atom is 0.248 e. The standard InChI is InChI=1S/C20H19ClN4O/c1-24(2)19-10-9-16(21)12-18(19)23-20(26)11-8-15-13-22-25(14-15)17-6-4-3-5-7-17/h3-14H,1-2H3,(H,23,26)/b11-8+. The van der Waals surface area contributed by atoms with Crippen LogP contribution in [0.3, 0.4) is 0 Å². The van der Waals surface area contributed by atoms with Crippen LogP contribution in [0.5, 0.6) is 0 Å². The number of anilines is 2. The van der Waals surface area contributed by atoms with Gasteiger partial charge in [-0.3, -0.25) is 4.79 Å². The van der Waals surface area contributed by atoms with Crippen molar-refractivity contribution in [3.8, 4) is 5.69 Å². The van der Waals surface area contributed by atoms with Crippen LogP contribution in [0.25, 0.3) is 11.8 Å². The average Bonchev–Trinajstić information content (AvgIpc) is 3.09. The van der Waals surface area contributed by atoms with E-state index in [0.717, 1.165) is 16.9 Å². The van der Waals surface area contributed by atoms with Crippen molar-refractivity contribution in [2.24, 2.45) is 0 Å². The average molecular weight is 367 g/mol. The molecule has 0 fully saturated rings. The molecule has 3 rings (SSSR count). The van der Waals surface area contributed by atoms with Crippen LogP contribution in [0.4, 0.5) is 11.4 Å². The summed E-state index contributed by atoms with van der Waals surface area (Å²) >= 11 is 6.04. The number of carbonyl (C=O) groups excluding carboxylic acids is 1. The predicted molar refractivity (Wildman–Crippen MR) is 107 cm³/mol. The Morgan fingerprint density at radius 2 is 1.96 bits per heavy atom.